The normalized spacial score (nSPS) is 52.6. The molecule has 0 aromatic rings. The second-order valence-electron chi connectivity index (χ2n) is 26.2. The maximum atomic E-state index is 12.8. The minimum atomic E-state index is -1.83. The van der Waals surface area contributed by atoms with Crippen LogP contribution in [0.5, 0.6) is 0 Å². The molecule has 4 heterocycles. The van der Waals surface area contributed by atoms with Crippen LogP contribution in [-0.2, 0) is 37.9 Å². The first-order chi connectivity index (χ1) is 36.3. The van der Waals surface area contributed by atoms with E-state index in [0.29, 0.717) is 32.1 Å². The second-order valence-corrected chi connectivity index (χ2v) is 26.2. The van der Waals surface area contributed by atoms with E-state index in [1.165, 1.54) is 0 Å². The molecule has 0 unspecified atom stereocenters. The number of hydrogen-bond donors (Lipinski definition) is 16. The van der Waals surface area contributed by atoms with Crippen molar-refractivity contribution in [2.45, 2.75) is 253 Å². The van der Waals surface area contributed by atoms with Gasteiger partial charge in [-0.25, -0.2) is 0 Å². The zero-order valence-corrected chi connectivity index (χ0v) is 46.1. The third-order valence-corrected chi connectivity index (χ3v) is 20.7. The van der Waals surface area contributed by atoms with Crippen LogP contribution in [0.2, 0.25) is 0 Å². The molecule has 0 radical (unpaired) electrons. The Balaban J connectivity index is 1.02. The lowest BCUT2D eigenvalue weighted by molar-refractivity contribution is -0.378. The molecule has 16 N–H and O–H groups in total. The fraction of sp³-hybridized carbons (Fsp3) is 0.963. The van der Waals surface area contributed by atoms with Crippen LogP contribution in [0.1, 0.15) is 107 Å². The second kappa shape index (κ2) is 23.3. The van der Waals surface area contributed by atoms with E-state index in [9.17, 15) is 81.7 Å². The lowest BCUT2D eigenvalue weighted by Crippen LogP contribution is -2.68. The minimum absolute atomic E-state index is 0.00485. The lowest BCUT2D eigenvalue weighted by atomic mass is 9.35. The van der Waals surface area contributed by atoms with Crippen LogP contribution < -0.4 is 0 Å². The van der Waals surface area contributed by atoms with Crippen molar-refractivity contribution >= 4 is 0 Å². The van der Waals surface area contributed by atoms with Gasteiger partial charge in [-0.05, 0) is 117 Å². The van der Waals surface area contributed by atoms with Crippen molar-refractivity contribution in [2.75, 3.05) is 26.4 Å². The maximum absolute atomic E-state index is 12.8. The minimum Gasteiger partial charge on any atom is -0.394 e. The summed E-state index contributed by atoms with van der Waals surface area (Å²) in [6, 6.07) is 0. The Labute approximate surface area is 455 Å². The summed E-state index contributed by atoms with van der Waals surface area (Å²) in [4.78, 5) is 0. The van der Waals surface area contributed by atoms with E-state index in [1.54, 1.807) is 26.0 Å². The van der Waals surface area contributed by atoms with Gasteiger partial charge in [0.1, 0.15) is 97.7 Å². The van der Waals surface area contributed by atoms with Gasteiger partial charge in [0.25, 0.3) is 0 Å². The molecule has 8 rings (SSSR count). The topological polar surface area (TPSA) is 398 Å². The Bertz CT molecular complexity index is 2030. The highest BCUT2D eigenvalue weighted by Crippen LogP contribution is 2.76. The van der Waals surface area contributed by atoms with Crippen molar-refractivity contribution in [3.8, 4) is 0 Å². The van der Waals surface area contributed by atoms with Crippen LogP contribution in [0.15, 0.2) is 12.2 Å². The van der Waals surface area contributed by atoms with Crippen LogP contribution in [0, 0.1) is 45.3 Å². The molecule has 452 valence electrons. The largest absolute Gasteiger partial charge is 0.394 e. The molecule has 78 heavy (non-hydrogen) atoms. The summed E-state index contributed by atoms with van der Waals surface area (Å²) in [5.74, 6) is -0.746. The molecular formula is C54H92O24. The molecule has 4 aliphatic heterocycles. The van der Waals surface area contributed by atoms with Crippen LogP contribution in [0.4, 0.5) is 0 Å². The van der Waals surface area contributed by atoms with Crippen molar-refractivity contribution in [3.05, 3.63) is 12.2 Å². The van der Waals surface area contributed by atoms with Gasteiger partial charge in [0.15, 0.2) is 25.2 Å². The summed E-state index contributed by atoms with van der Waals surface area (Å²) in [6.07, 6.45) is -25.7. The van der Waals surface area contributed by atoms with E-state index in [-0.39, 0.29) is 40.9 Å². The summed E-state index contributed by atoms with van der Waals surface area (Å²) < 4.78 is 48.7. The molecule has 0 aromatic heterocycles. The molecule has 0 spiro atoms. The average molecular weight is 1130 g/mol. The van der Waals surface area contributed by atoms with E-state index in [1.807, 2.05) is 6.92 Å². The van der Waals surface area contributed by atoms with Gasteiger partial charge in [0, 0.05) is 0 Å². The number of aliphatic hydroxyl groups excluding tert-OH is 15. The van der Waals surface area contributed by atoms with Crippen LogP contribution in [0.3, 0.4) is 0 Å². The third kappa shape index (κ3) is 11.1. The number of aliphatic hydroxyl groups is 16. The van der Waals surface area contributed by atoms with E-state index < -0.39 is 183 Å². The summed E-state index contributed by atoms with van der Waals surface area (Å²) in [7, 11) is 0. The number of rotatable bonds is 16. The van der Waals surface area contributed by atoms with Crippen molar-refractivity contribution in [2.24, 2.45) is 45.3 Å². The van der Waals surface area contributed by atoms with Gasteiger partial charge in [0.05, 0.1) is 49.8 Å². The molecule has 8 aliphatic rings. The molecule has 24 heteroatoms. The van der Waals surface area contributed by atoms with E-state index in [4.69, 9.17) is 37.9 Å². The Kier molecular flexibility index (Phi) is 18.8. The van der Waals surface area contributed by atoms with Gasteiger partial charge in [0.2, 0.25) is 0 Å². The predicted molar refractivity (Wildman–Crippen MR) is 268 cm³/mol. The van der Waals surface area contributed by atoms with Crippen LogP contribution >= 0.6 is 0 Å². The summed E-state index contributed by atoms with van der Waals surface area (Å²) in [5.41, 5.74) is -4.24. The Morgan fingerprint density at radius 3 is 1.60 bits per heavy atom. The Morgan fingerprint density at radius 1 is 0.526 bits per heavy atom. The van der Waals surface area contributed by atoms with E-state index in [2.05, 4.69) is 34.6 Å². The molecule has 4 saturated heterocycles. The van der Waals surface area contributed by atoms with Crippen molar-refractivity contribution in [3.63, 3.8) is 0 Å². The first-order valence-electron chi connectivity index (χ1n) is 28.0. The van der Waals surface area contributed by atoms with E-state index >= 15 is 0 Å². The fourth-order valence-corrected chi connectivity index (χ4v) is 16.1. The molecule has 0 amide bonds. The van der Waals surface area contributed by atoms with Gasteiger partial charge in [-0.3, -0.25) is 0 Å². The molecule has 4 saturated carbocycles. The molecule has 4 aliphatic carbocycles. The van der Waals surface area contributed by atoms with E-state index in [0.717, 1.165) is 12.8 Å². The van der Waals surface area contributed by atoms with Gasteiger partial charge >= 0.3 is 0 Å². The predicted octanol–water partition coefficient (Wildman–Crippen LogP) is -3.23. The quantitative estimate of drug-likeness (QED) is 0.0534. The van der Waals surface area contributed by atoms with Crippen LogP contribution in [0.25, 0.3) is 0 Å². The van der Waals surface area contributed by atoms with Crippen molar-refractivity contribution < 1.29 is 120 Å². The molecule has 24 nitrogen and oxygen atoms in total. The summed E-state index contributed by atoms with van der Waals surface area (Å²) in [5, 5.41) is 173. The highest BCUT2D eigenvalue weighted by molar-refractivity contribution is 5.21. The molecule has 0 bridgehead atoms. The molecule has 0 aromatic carbocycles. The highest BCUT2D eigenvalue weighted by Gasteiger charge is 2.72. The molecule has 8 fully saturated rings. The first-order valence-corrected chi connectivity index (χ1v) is 28.0. The molecular weight excluding hydrogens is 1030 g/mol. The van der Waals surface area contributed by atoms with Gasteiger partial charge in [-0.2, -0.15) is 0 Å². The monoisotopic (exact) mass is 1120 g/mol. The SMILES string of the molecule is CC(C)(O)/C=C/C[C@](C)(O[C@@H]1O[C@H](CO[C@@H]2O[C@H](CO)[C@@H](O)[C@H](O)[C@H]2O)[C@@H](O)[C@H](O)[C@H]1O)[C@H]1CC[C@]2(C)[C@@H]1[C@H](O)C[C@H]1[C@@]3(C)CC[C@H](O[C@@H]4O[C@H](CO)[C@@H](O)[C@H](O)[C@H]4O[C@@H]4O[C@H](CO)[C@@H](O)[C@H](O)[C@H]4O)C(C)(C)[C@H]3CC[C@]12C. The number of fused-ring (bicyclic) bond motifs is 5. The summed E-state index contributed by atoms with van der Waals surface area (Å²) in [6.45, 7) is 13.5. The maximum Gasteiger partial charge on any atom is 0.187 e. The average Bonchev–Trinajstić information content (AvgIpc) is 3.95. The highest BCUT2D eigenvalue weighted by atomic mass is 16.8. The summed E-state index contributed by atoms with van der Waals surface area (Å²) >= 11 is 0. The zero-order valence-electron chi connectivity index (χ0n) is 46.1. The Morgan fingerprint density at radius 2 is 1.03 bits per heavy atom. The van der Waals surface area contributed by atoms with Gasteiger partial charge in [-0.1, -0.05) is 46.8 Å². The standard InChI is InChI=1S/C54H92O24/c1-49(2,70)13-9-14-54(8,78-47-43(69)39(65)36(62)28(75-47)22-71-45-41(67)37(63)33(59)25(19-55)72-45)23-10-16-53(7)32(23)24(58)18-30-51(5)15-12-31(50(3,4)29(51)11-17-52(30,53)6)76-48-44(40(66)35(61)27(21-57)74-48)77-46-42(68)38(64)34(60)26(20-56)73-46/h9,13,23-48,55-70H,10-12,14-22H2,1-8H3/b13-9+/t23-,24+,25+,26+,27+,28+,29+,30-,31-,32-,33+,34+,35+,36+,37-,38-,39-,40-,41+,42+,43+,44+,45+,46-,47-,48-,51-,52+,53+,54-/m0/s1. The number of hydrogen-bond acceptors (Lipinski definition) is 24. The van der Waals surface area contributed by atoms with Crippen molar-refractivity contribution in [1.82, 2.24) is 0 Å². The zero-order chi connectivity index (χ0) is 57.6. The fourth-order valence-electron chi connectivity index (χ4n) is 16.1. The van der Waals surface area contributed by atoms with Crippen molar-refractivity contribution in [1.29, 1.82) is 0 Å². The lowest BCUT2D eigenvalue weighted by Gasteiger charge is -2.71. The van der Waals surface area contributed by atoms with Gasteiger partial charge < -0.3 is 120 Å². The molecule has 30 atom stereocenters. The van der Waals surface area contributed by atoms with Crippen LogP contribution in [-0.4, -0.2) is 254 Å². The van der Waals surface area contributed by atoms with Gasteiger partial charge in [-0.15, -0.1) is 0 Å². The smallest absolute Gasteiger partial charge is 0.187 e. The number of ether oxygens (including phenoxy) is 8. The first kappa shape index (κ1) is 62.8. The third-order valence-electron chi connectivity index (χ3n) is 20.7. The Hall–Kier alpha value is -1.22.